The lowest BCUT2D eigenvalue weighted by molar-refractivity contribution is 0.00908. The molecule has 1 saturated heterocycles. The third-order valence-corrected chi connectivity index (χ3v) is 5.53. The van der Waals surface area contributed by atoms with Gasteiger partial charge in [-0.2, -0.15) is 5.10 Å². The molecule has 1 aliphatic rings. The Bertz CT molecular complexity index is 956. The number of nitrogens with one attached hydrogen (secondary N) is 1. The molecule has 0 bridgehead atoms. The summed E-state index contributed by atoms with van der Waals surface area (Å²) in [7, 11) is 0. The number of H-pyrrole nitrogens is 1. The normalized spacial score (nSPS) is 18.0. The summed E-state index contributed by atoms with van der Waals surface area (Å²) < 4.78 is 5.61. The van der Waals surface area contributed by atoms with Gasteiger partial charge in [-0.05, 0) is 46.1 Å². The van der Waals surface area contributed by atoms with Crippen molar-refractivity contribution < 1.29 is 9.53 Å². The zero-order chi connectivity index (χ0) is 19.0. The summed E-state index contributed by atoms with van der Waals surface area (Å²) in [6.45, 7) is 6.40. The smallest absolute Gasteiger partial charge is 0.410 e. The highest BCUT2D eigenvalue weighted by molar-refractivity contribution is 7.13. The summed E-state index contributed by atoms with van der Waals surface area (Å²) in [6.07, 6.45) is 2.73. The number of likely N-dealkylation sites (tertiary alicyclic amines) is 1. The Hall–Kier alpha value is -2.41. The number of benzene rings is 1. The topological polar surface area (TPSA) is 71.1 Å². The van der Waals surface area contributed by atoms with Crippen molar-refractivity contribution >= 4 is 28.3 Å². The van der Waals surface area contributed by atoms with Crippen molar-refractivity contribution in [2.75, 3.05) is 6.54 Å². The number of hydrogen-bond acceptors (Lipinski definition) is 5. The fraction of sp³-hybridized carbons (Fsp3) is 0.450. The molecule has 0 radical (unpaired) electrons. The molecule has 142 valence electrons. The number of aromatic amines is 1. The van der Waals surface area contributed by atoms with Gasteiger partial charge in [0.25, 0.3) is 0 Å². The van der Waals surface area contributed by atoms with Crippen molar-refractivity contribution in [1.29, 1.82) is 0 Å². The first-order valence-corrected chi connectivity index (χ1v) is 10.2. The van der Waals surface area contributed by atoms with Gasteiger partial charge in [-0.1, -0.05) is 18.2 Å². The maximum atomic E-state index is 12.7. The quantitative estimate of drug-likeness (QED) is 0.663. The van der Waals surface area contributed by atoms with Crippen LogP contribution < -0.4 is 0 Å². The highest BCUT2D eigenvalue weighted by Gasteiger charge is 2.33. The number of aromatic nitrogens is 3. The van der Waals surface area contributed by atoms with Crippen LogP contribution in [0.25, 0.3) is 21.6 Å². The molecule has 1 aliphatic heterocycles. The first-order valence-electron chi connectivity index (χ1n) is 9.31. The van der Waals surface area contributed by atoms with Crippen LogP contribution in [0.5, 0.6) is 0 Å². The lowest BCUT2D eigenvalue weighted by atomic mass is 10.0. The number of ether oxygens (including phenoxy) is 1. The van der Waals surface area contributed by atoms with E-state index in [2.05, 4.69) is 10.2 Å². The predicted molar refractivity (Wildman–Crippen MR) is 107 cm³/mol. The number of hydrogen-bond donors (Lipinski definition) is 1. The van der Waals surface area contributed by atoms with E-state index in [1.54, 1.807) is 11.3 Å². The van der Waals surface area contributed by atoms with Gasteiger partial charge in [0, 0.05) is 17.3 Å². The third-order valence-electron chi connectivity index (χ3n) is 4.67. The molecule has 1 fully saturated rings. The fourth-order valence-electron chi connectivity index (χ4n) is 3.45. The first kappa shape index (κ1) is 18.0. The van der Waals surface area contributed by atoms with Gasteiger partial charge in [-0.25, -0.2) is 9.78 Å². The molecular formula is C20H24N4O2S. The van der Waals surface area contributed by atoms with E-state index in [9.17, 15) is 4.79 Å². The van der Waals surface area contributed by atoms with E-state index in [4.69, 9.17) is 9.72 Å². The van der Waals surface area contributed by atoms with Gasteiger partial charge < -0.3 is 4.74 Å². The molecule has 1 amide bonds. The number of amides is 1. The van der Waals surface area contributed by atoms with Crippen molar-refractivity contribution in [2.24, 2.45) is 0 Å². The van der Waals surface area contributed by atoms with E-state index in [-0.39, 0.29) is 12.1 Å². The van der Waals surface area contributed by atoms with Crippen molar-refractivity contribution in [1.82, 2.24) is 20.1 Å². The van der Waals surface area contributed by atoms with E-state index >= 15 is 0 Å². The SMILES string of the molecule is CC(C)(C)OC(=O)N1CCCC[C@@H]1c1csc(-c2n[nH]c3ccccc23)n1. The van der Waals surface area contributed by atoms with Gasteiger partial charge in [-0.15, -0.1) is 11.3 Å². The Labute approximate surface area is 162 Å². The fourth-order valence-corrected chi connectivity index (χ4v) is 4.32. The molecule has 0 aliphatic carbocycles. The predicted octanol–water partition coefficient (Wildman–Crippen LogP) is 5.15. The van der Waals surface area contributed by atoms with Crippen LogP contribution in [-0.4, -0.2) is 38.3 Å². The van der Waals surface area contributed by atoms with E-state index in [0.29, 0.717) is 6.54 Å². The van der Waals surface area contributed by atoms with Crippen LogP contribution in [0.3, 0.4) is 0 Å². The highest BCUT2D eigenvalue weighted by Crippen LogP contribution is 2.36. The van der Waals surface area contributed by atoms with E-state index in [0.717, 1.165) is 46.6 Å². The Morgan fingerprint density at radius 2 is 2.11 bits per heavy atom. The van der Waals surface area contributed by atoms with Gasteiger partial charge in [0.15, 0.2) is 0 Å². The van der Waals surface area contributed by atoms with E-state index in [1.807, 2.05) is 55.3 Å². The molecule has 0 spiro atoms. The van der Waals surface area contributed by atoms with Gasteiger partial charge in [-0.3, -0.25) is 10.00 Å². The number of nitrogens with zero attached hydrogens (tertiary/aromatic N) is 3. The molecule has 2 aromatic heterocycles. The van der Waals surface area contributed by atoms with Gasteiger partial charge >= 0.3 is 6.09 Å². The second kappa shape index (κ2) is 6.96. The summed E-state index contributed by atoms with van der Waals surface area (Å²) in [4.78, 5) is 19.3. The largest absolute Gasteiger partial charge is 0.444 e. The molecule has 1 N–H and O–H groups in total. The average molecular weight is 385 g/mol. The summed E-state index contributed by atoms with van der Waals surface area (Å²) in [5.74, 6) is 0. The minimum Gasteiger partial charge on any atom is -0.444 e. The summed E-state index contributed by atoms with van der Waals surface area (Å²) in [6, 6.07) is 8.00. The molecular weight excluding hydrogens is 360 g/mol. The minimum absolute atomic E-state index is 0.0381. The van der Waals surface area contributed by atoms with Gasteiger partial charge in [0.2, 0.25) is 0 Å². The number of carbonyl (C=O) groups excluding carboxylic acids is 1. The van der Waals surface area contributed by atoms with Crippen LogP contribution in [0.4, 0.5) is 4.79 Å². The number of para-hydroxylation sites is 1. The van der Waals surface area contributed by atoms with Gasteiger partial charge in [0.05, 0.1) is 17.3 Å². The summed E-state index contributed by atoms with van der Waals surface area (Å²) in [5.41, 5.74) is 2.28. The van der Waals surface area contributed by atoms with Crippen LogP contribution in [-0.2, 0) is 4.74 Å². The molecule has 6 nitrogen and oxygen atoms in total. The first-order chi connectivity index (χ1) is 12.9. The van der Waals surface area contributed by atoms with Crippen LogP contribution in [0.15, 0.2) is 29.6 Å². The number of fused-ring (bicyclic) bond motifs is 1. The standard InChI is InChI=1S/C20H24N4O2S/c1-20(2,3)26-19(25)24-11-7-6-10-16(24)15-12-27-18(21-15)17-13-8-4-5-9-14(13)22-23-17/h4-5,8-9,12,16H,6-7,10-11H2,1-3H3,(H,22,23)/t16-/m1/s1. The van der Waals surface area contributed by atoms with Crippen LogP contribution in [0.1, 0.15) is 51.8 Å². The molecule has 1 atom stereocenters. The van der Waals surface area contributed by atoms with E-state index in [1.165, 1.54) is 0 Å². The van der Waals surface area contributed by atoms with Gasteiger partial charge in [0.1, 0.15) is 16.3 Å². The Balaban J connectivity index is 1.62. The third kappa shape index (κ3) is 3.69. The molecule has 0 saturated carbocycles. The maximum absolute atomic E-state index is 12.7. The Kier molecular flexibility index (Phi) is 4.63. The molecule has 4 rings (SSSR count). The average Bonchev–Trinajstić information content (AvgIpc) is 3.27. The van der Waals surface area contributed by atoms with Crippen LogP contribution in [0, 0.1) is 0 Å². The van der Waals surface area contributed by atoms with Crippen LogP contribution in [0.2, 0.25) is 0 Å². The Morgan fingerprint density at radius 3 is 2.93 bits per heavy atom. The second-order valence-electron chi connectivity index (χ2n) is 7.88. The van der Waals surface area contributed by atoms with Crippen molar-refractivity contribution in [3.8, 4) is 10.7 Å². The van der Waals surface area contributed by atoms with Crippen molar-refractivity contribution in [3.63, 3.8) is 0 Å². The zero-order valence-electron chi connectivity index (χ0n) is 15.9. The van der Waals surface area contributed by atoms with Crippen molar-refractivity contribution in [3.05, 3.63) is 35.3 Å². The number of thiazole rings is 1. The molecule has 1 aromatic carbocycles. The summed E-state index contributed by atoms with van der Waals surface area (Å²) >= 11 is 1.57. The number of carbonyl (C=O) groups is 1. The highest BCUT2D eigenvalue weighted by atomic mass is 32.1. The summed E-state index contributed by atoms with van der Waals surface area (Å²) in [5, 5.41) is 11.5. The lowest BCUT2D eigenvalue weighted by Gasteiger charge is -2.35. The molecule has 27 heavy (non-hydrogen) atoms. The Morgan fingerprint density at radius 1 is 1.30 bits per heavy atom. The van der Waals surface area contributed by atoms with E-state index < -0.39 is 5.60 Å². The minimum atomic E-state index is -0.500. The second-order valence-corrected chi connectivity index (χ2v) is 8.74. The molecule has 3 aromatic rings. The monoisotopic (exact) mass is 384 g/mol. The molecule has 7 heteroatoms. The van der Waals surface area contributed by atoms with Crippen molar-refractivity contribution in [2.45, 2.75) is 51.7 Å². The number of piperidine rings is 1. The maximum Gasteiger partial charge on any atom is 0.410 e. The molecule has 0 unspecified atom stereocenters. The zero-order valence-corrected chi connectivity index (χ0v) is 16.7. The number of rotatable bonds is 2. The lowest BCUT2D eigenvalue weighted by Crippen LogP contribution is -2.42. The van der Waals surface area contributed by atoms with Crippen LogP contribution >= 0.6 is 11.3 Å². The molecule has 3 heterocycles.